The van der Waals surface area contributed by atoms with Gasteiger partial charge in [0.2, 0.25) is 0 Å². The zero-order valence-electron chi connectivity index (χ0n) is 19.6. The Bertz CT molecular complexity index is 1260. The first-order chi connectivity index (χ1) is 16.9. The Morgan fingerprint density at radius 1 is 1.14 bits per heavy atom. The number of rotatable bonds is 7. The molecule has 5 rings (SSSR count). The van der Waals surface area contributed by atoms with Crippen molar-refractivity contribution in [2.75, 3.05) is 20.2 Å². The topological polar surface area (TPSA) is 54.8 Å². The number of pyridine rings is 1. The second kappa shape index (κ2) is 9.66. The third-order valence-corrected chi connectivity index (χ3v) is 6.67. The first-order valence-electron chi connectivity index (χ1n) is 11.8. The largest absolute Gasteiger partial charge is 0.496 e. The highest BCUT2D eigenvalue weighted by atomic mass is 19.3. The molecule has 2 aliphatic rings. The minimum atomic E-state index is -2.84. The molecule has 0 bridgehead atoms. The molecule has 1 aromatic heterocycles. The van der Waals surface area contributed by atoms with Crippen LogP contribution >= 0.6 is 0 Å². The number of aliphatic imine (C=N–C) groups is 1. The molecule has 3 heterocycles. The van der Waals surface area contributed by atoms with Gasteiger partial charge in [-0.3, -0.25) is 19.7 Å². The first-order valence-corrected chi connectivity index (χ1v) is 11.8. The number of para-hydroxylation sites is 1. The van der Waals surface area contributed by atoms with E-state index >= 15 is 0 Å². The Balaban J connectivity index is 1.31. The molecule has 0 N–H and O–H groups in total. The van der Waals surface area contributed by atoms with Crippen molar-refractivity contribution < 1.29 is 18.3 Å². The van der Waals surface area contributed by atoms with Gasteiger partial charge in [-0.15, -0.1) is 0 Å². The molecular weight excluding hydrogens is 448 g/mol. The average molecular weight is 476 g/mol. The lowest BCUT2D eigenvalue weighted by molar-refractivity contribution is -0.0864. The number of ether oxygens (including phenoxy) is 1. The first kappa shape index (κ1) is 23.3. The van der Waals surface area contributed by atoms with E-state index in [0.717, 1.165) is 28.0 Å². The molecule has 180 valence electrons. The van der Waals surface area contributed by atoms with E-state index < -0.39 is 11.8 Å². The van der Waals surface area contributed by atoms with Crippen LogP contribution < -0.4 is 4.74 Å². The zero-order chi connectivity index (χ0) is 24.4. The lowest BCUT2D eigenvalue weighted by atomic mass is 9.88. The van der Waals surface area contributed by atoms with Crippen LogP contribution in [-0.2, 0) is 13.1 Å². The molecule has 5 nitrogen and oxygen atoms in total. The summed E-state index contributed by atoms with van der Waals surface area (Å²) in [4.78, 5) is 23.6. The summed E-state index contributed by atoms with van der Waals surface area (Å²) >= 11 is 0. The number of hydrogen-bond acceptors (Lipinski definition) is 5. The van der Waals surface area contributed by atoms with Gasteiger partial charge in [-0.1, -0.05) is 30.3 Å². The van der Waals surface area contributed by atoms with Crippen molar-refractivity contribution in [2.24, 2.45) is 10.9 Å². The fraction of sp³-hybridized carbons (Fsp3) is 0.321. The molecule has 2 aliphatic heterocycles. The molecule has 0 spiro atoms. The SMILES string of the molecule is COc1ccccc1CN1CC(CC(=O)c2ccc3c(c2)C(c2ccncc2)=NC3)CC(F)(F)C1. The predicted octanol–water partition coefficient (Wildman–Crippen LogP) is 5.17. The number of benzene rings is 2. The summed E-state index contributed by atoms with van der Waals surface area (Å²) in [6.07, 6.45) is 3.23. The molecule has 1 saturated heterocycles. The molecule has 1 atom stereocenters. The van der Waals surface area contributed by atoms with Crippen molar-refractivity contribution in [1.29, 1.82) is 0 Å². The van der Waals surface area contributed by atoms with Crippen LogP contribution in [0.4, 0.5) is 8.78 Å². The number of likely N-dealkylation sites (tertiary alicyclic amines) is 1. The molecule has 35 heavy (non-hydrogen) atoms. The number of Topliss-reactive ketones (excluding diaryl/α,β-unsaturated/α-hetero) is 1. The number of hydrogen-bond donors (Lipinski definition) is 0. The number of aromatic nitrogens is 1. The van der Waals surface area contributed by atoms with Crippen molar-refractivity contribution >= 4 is 11.5 Å². The van der Waals surface area contributed by atoms with Crippen LogP contribution in [0.25, 0.3) is 0 Å². The summed E-state index contributed by atoms with van der Waals surface area (Å²) in [5, 5.41) is 0. The quantitative estimate of drug-likeness (QED) is 0.443. The number of fused-ring (bicyclic) bond motifs is 1. The molecule has 0 saturated carbocycles. The standard InChI is InChI=1S/C28H27F2N3O2/c1-35-26-5-3-2-4-23(26)17-33-16-19(14-28(29,30)18-33)12-25(34)21-6-7-22-15-32-27(24(22)13-21)20-8-10-31-11-9-20/h2-11,13,19H,12,14-18H2,1H3. The number of carbonyl (C=O) groups is 1. The lowest BCUT2D eigenvalue weighted by Crippen LogP contribution is -2.47. The molecule has 0 aliphatic carbocycles. The van der Waals surface area contributed by atoms with Gasteiger partial charge in [-0.2, -0.15) is 0 Å². The third kappa shape index (κ3) is 5.15. The van der Waals surface area contributed by atoms with Crippen LogP contribution in [0, 0.1) is 5.92 Å². The maximum atomic E-state index is 14.7. The molecule has 0 radical (unpaired) electrons. The minimum Gasteiger partial charge on any atom is -0.496 e. The van der Waals surface area contributed by atoms with E-state index in [1.165, 1.54) is 0 Å². The number of piperidine rings is 1. The van der Waals surface area contributed by atoms with E-state index in [9.17, 15) is 13.6 Å². The Labute approximate surface area is 203 Å². The summed E-state index contributed by atoms with van der Waals surface area (Å²) in [5.74, 6) is -2.71. The van der Waals surface area contributed by atoms with Crippen LogP contribution in [0.15, 0.2) is 72.0 Å². The normalized spacial score (nSPS) is 19.2. The second-order valence-corrected chi connectivity index (χ2v) is 9.31. The number of carbonyl (C=O) groups excluding carboxylic acids is 1. The van der Waals surface area contributed by atoms with Gasteiger partial charge >= 0.3 is 0 Å². The molecule has 3 aromatic rings. The maximum absolute atomic E-state index is 14.7. The molecular formula is C28H27F2N3O2. The van der Waals surface area contributed by atoms with Crippen LogP contribution in [-0.4, -0.2) is 47.5 Å². The van der Waals surface area contributed by atoms with Crippen LogP contribution in [0.3, 0.4) is 0 Å². The smallest absolute Gasteiger partial charge is 0.260 e. The van der Waals surface area contributed by atoms with Crippen LogP contribution in [0.5, 0.6) is 5.75 Å². The fourth-order valence-corrected chi connectivity index (χ4v) is 5.13. The van der Waals surface area contributed by atoms with E-state index in [1.54, 1.807) is 30.5 Å². The van der Waals surface area contributed by atoms with Crippen molar-refractivity contribution in [1.82, 2.24) is 9.88 Å². The Hall–Kier alpha value is -3.45. The highest BCUT2D eigenvalue weighted by molar-refractivity contribution is 6.16. The molecule has 0 amide bonds. The summed E-state index contributed by atoms with van der Waals surface area (Å²) in [5.41, 5.74) is 5.16. The summed E-state index contributed by atoms with van der Waals surface area (Å²) in [6.45, 7) is 1.04. The van der Waals surface area contributed by atoms with Crippen molar-refractivity contribution in [3.63, 3.8) is 0 Å². The number of nitrogens with zero attached hydrogens (tertiary/aromatic N) is 3. The number of methoxy groups -OCH3 is 1. The Morgan fingerprint density at radius 3 is 2.74 bits per heavy atom. The van der Waals surface area contributed by atoms with Crippen LogP contribution in [0.1, 0.15) is 45.5 Å². The minimum absolute atomic E-state index is 0.0819. The monoisotopic (exact) mass is 475 g/mol. The van der Waals surface area contributed by atoms with Gasteiger partial charge in [-0.25, -0.2) is 8.78 Å². The highest BCUT2D eigenvalue weighted by Crippen LogP contribution is 2.35. The van der Waals surface area contributed by atoms with E-state index in [0.29, 0.717) is 30.9 Å². The number of alkyl halides is 2. The summed E-state index contributed by atoms with van der Waals surface area (Å²) in [6, 6.07) is 16.8. The Kier molecular flexibility index (Phi) is 6.43. The van der Waals surface area contributed by atoms with Crippen LogP contribution in [0.2, 0.25) is 0 Å². The van der Waals surface area contributed by atoms with Crippen molar-refractivity contribution in [3.8, 4) is 5.75 Å². The lowest BCUT2D eigenvalue weighted by Gasteiger charge is -2.37. The molecule has 1 unspecified atom stereocenters. The fourth-order valence-electron chi connectivity index (χ4n) is 5.13. The maximum Gasteiger partial charge on any atom is 0.260 e. The van der Waals surface area contributed by atoms with Gasteiger partial charge in [0.25, 0.3) is 5.92 Å². The van der Waals surface area contributed by atoms with Gasteiger partial charge in [0.15, 0.2) is 5.78 Å². The second-order valence-electron chi connectivity index (χ2n) is 9.31. The van der Waals surface area contributed by atoms with Gasteiger partial charge in [0, 0.05) is 60.6 Å². The van der Waals surface area contributed by atoms with Crippen molar-refractivity contribution in [3.05, 3.63) is 94.8 Å². The average Bonchev–Trinajstić information content (AvgIpc) is 3.27. The predicted molar refractivity (Wildman–Crippen MR) is 130 cm³/mol. The van der Waals surface area contributed by atoms with Gasteiger partial charge in [0.1, 0.15) is 5.75 Å². The Morgan fingerprint density at radius 2 is 1.94 bits per heavy atom. The summed E-state index contributed by atoms with van der Waals surface area (Å²) in [7, 11) is 1.58. The molecule has 7 heteroatoms. The summed E-state index contributed by atoms with van der Waals surface area (Å²) < 4.78 is 34.7. The van der Waals surface area contributed by atoms with Gasteiger partial charge in [0.05, 0.1) is 25.9 Å². The van der Waals surface area contributed by atoms with Crippen molar-refractivity contribution in [2.45, 2.75) is 31.9 Å². The number of halogens is 2. The van der Waals surface area contributed by atoms with E-state index in [-0.39, 0.29) is 25.2 Å². The van der Waals surface area contributed by atoms with E-state index in [1.807, 2.05) is 48.5 Å². The van der Waals surface area contributed by atoms with Gasteiger partial charge in [-0.05, 0) is 35.7 Å². The van der Waals surface area contributed by atoms with E-state index in [4.69, 9.17) is 4.74 Å². The number of ketones is 1. The van der Waals surface area contributed by atoms with Gasteiger partial charge < -0.3 is 4.74 Å². The van der Waals surface area contributed by atoms with E-state index in [2.05, 4.69) is 9.98 Å². The third-order valence-electron chi connectivity index (χ3n) is 6.67. The molecule has 1 fully saturated rings. The zero-order valence-corrected chi connectivity index (χ0v) is 19.6. The highest BCUT2D eigenvalue weighted by Gasteiger charge is 2.41. The molecule has 2 aromatic carbocycles.